The third-order valence-corrected chi connectivity index (χ3v) is 5.29. The molecule has 0 amide bonds. The van der Waals surface area contributed by atoms with Crippen molar-refractivity contribution in [1.29, 1.82) is 0 Å². The van der Waals surface area contributed by atoms with Crippen LogP contribution in [0.25, 0.3) is 0 Å². The lowest BCUT2D eigenvalue weighted by Crippen LogP contribution is -2.52. The Morgan fingerprint density at radius 2 is 1.70 bits per heavy atom. The van der Waals surface area contributed by atoms with Crippen molar-refractivity contribution in [3.63, 3.8) is 0 Å². The zero-order valence-electron chi connectivity index (χ0n) is 16.6. The molecule has 30 heavy (non-hydrogen) atoms. The summed E-state index contributed by atoms with van der Waals surface area (Å²) in [6, 6.07) is 1.57. The minimum Gasteiger partial charge on any atom is -0.481 e. The molecule has 1 fully saturated rings. The highest BCUT2D eigenvalue weighted by Gasteiger charge is 2.38. The van der Waals surface area contributed by atoms with Gasteiger partial charge in [0.15, 0.2) is 5.69 Å². The van der Waals surface area contributed by atoms with Crippen molar-refractivity contribution in [2.24, 2.45) is 0 Å². The van der Waals surface area contributed by atoms with Gasteiger partial charge in [-0.25, -0.2) is 0 Å². The van der Waals surface area contributed by atoms with Crippen molar-refractivity contribution in [3.05, 3.63) is 22.5 Å². The fourth-order valence-electron chi connectivity index (χ4n) is 3.12. The van der Waals surface area contributed by atoms with Crippen LogP contribution in [0.1, 0.15) is 11.4 Å². The number of rotatable bonds is 6. The van der Waals surface area contributed by atoms with Gasteiger partial charge in [-0.2, -0.15) is 28.2 Å². The third kappa shape index (κ3) is 4.71. The van der Waals surface area contributed by atoms with Gasteiger partial charge >= 0.3 is 6.18 Å². The summed E-state index contributed by atoms with van der Waals surface area (Å²) in [5, 5.41) is 13.6. The first-order chi connectivity index (χ1) is 14.1. The number of halogens is 4. The largest absolute Gasteiger partial charge is 0.481 e. The maximum absolute atomic E-state index is 13.0. The van der Waals surface area contributed by atoms with Crippen LogP contribution < -0.4 is 14.4 Å². The molecule has 0 aromatic carbocycles. The first-order valence-corrected chi connectivity index (χ1v) is 9.46. The average Bonchev–Trinajstić information content (AvgIpc) is 3.02. The Hall–Kier alpha value is -2.31. The molecule has 9 nitrogen and oxygen atoms in total. The molecule has 166 valence electrons. The van der Waals surface area contributed by atoms with E-state index in [4.69, 9.17) is 21.1 Å². The fourth-order valence-corrected chi connectivity index (χ4v) is 3.36. The minimum atomic E-state index is -4.65. The molecular weight excluding hydrogens is 429 g/mol. The van der Waals surface area contributed by atoms with Gasteiger partial charge in [-0.1, -0.05) is 11.6 Å². The Bertz CT molecular complexity index is 864. The highest BCUT2D eigenvalue weighted by molar-refractivity contribution is 6.31. The molecule has 2 aromatic heterocycles. The molecule has 0 aliphatic carbocycles. The molecule has 3 heterocycles. The van der Waals surface area contributed by atoms with E-state index in [0.29, 0.717) is 43.9 Å². The molecule has 0 spiro atoms. The predicted octanol–water partition coefficient (Wildman–Crippen LogP) is 1.81. The van der Waals surface area contributed by atoms with Crippen LogP contribution >= 0.6 is 11.6 Å². The maximum atomic E-state index is 13.0. The second kappa shape index (κ2) is 8.82. The summed E-state index contributed by atoms with van der Waals surface area (Å²) in [5.74, 6) is 1.17. The van der Waals surface area contributed by atoms with Crippen LogP contribution in [0.2, 0.25) is 5.02 Å². The lowest BCUT2D eigenvalue weighted by Gasteiger charge is -2.37. The molecule has 0 bridgehead atoms. The van der Waals surface area contributed by atoms with E-state index >= 15 is 0 Å². The molecule has 0 saturated carbocycles. The molecule has 1 aliphatic rings. The van der Waals surface area contributed by atoms with Crippen LogP contribution in [0.3, 0.4) is 0 Å². The molecule has 13 heteroatoms. The SMILES string of the molecule is COc1cc(OC)nc(N2CCN(C(O)Cn3nc(C(F)(F)F)c(Cl)c3C)CC2)n1. The van der Waals surface area contributed by atoms with E-state index in [-0.39, 0.29) is 12.2 Å². The average molecular weight is 451 g/mol. The monoisotopic (exact) mass is 450 g/mol. The van der Waals surface area contributed by atoms with Crippen LogP contribution in [0.15, 0.2) is 6.07 Å². The van der Waals surface area contributed by atoms with Crippen LogP contribution in [0, 0.1) is 6.92 Å². The molecular formula is C17H22ClF3N6O3. The Morgan fingerprint density at radius 1 is 1.13 bits per heavy atom. The molecule has 1 saturated heterocycles. The lowest BCUT2D eigenvalue weighted by molar-refractivity contribution is -0.141. The first kappa shape index (κ1) is 22.4. The summed E-state index contributed by atoms with van der Waals surface area (Å²) in [6.45, 7) is 3.20. The summed E-state index contributed by atoms with van der Waals surface area (Å²) >= 11 is 5.76. The van der Waals surface area contributed by atoms with E-state index in [0.717, 1.165) is 4.68 Å². The molecule has 1 aliphatic heterocycles. The number of aliphatic hydroxyl groups excluding tert-OH is 1. The number of anilines is 1. The number of nitrogens with zero attached hydrogens (tertiary/aromatic N) is 6. The van der Waals surface area contributed by atoms with Gasteiger partial charge in [0.1, 0.15) is 6.23 Å². The molecule has 2 aromatic rings. The lowest BCUT2D eigenvalue weighted by atomic mass is 10.3. The number of alkyl halides is 3. The molecule has 3 rings (SSSR count). The standard InChI is InChI=1S/C17H22ClF3N6O3/c1-10-14(18)15(17(19,20)21)24-27(10)9-13(28)25-4-6-26(7-5-25)16-22-11(29-2)8-12(23-16)30-3/h8,13,28H,4-7,9H2,1-3H3. The van der Waals surface area contributed by atoms with Gasteiger partial charge in [0.2, 0.25) is 17.7 Å². The van der Waals surface area contributed by atoms with E-state index in [9.17, 15) is 18.3 Å². The second-order valence-electron chi connectivity index (χ2n) is 6.68. The Kier molecular flexibility index (Phi) is 6.58. The smallest absolute Gasteiger partial charge is 0.436 e. The van der Waals surface area contributed by atoms with Crippen LogP contribution in [0.5, 0.6) is 11.8 Å². The molecule has 0 radical (unpaired) electrons. The Balaban J connectivity index is 1.64. The first-order valence-electron chi connectivity index (χ1n) is 9.08. The zero-order valence-corrected chi connectivity index (χ0v) is 17.4. The van der Waals surface area contributed by atoms with E-state index in [1.165, 1.54) is 21.1 Å². The Morgan fingerprint density at radius 3 is 2.17 bits per heavy atom. The summed E-state index contributed by atoms with van der Waals surface area (Å²) < 4.78 is 50.3. The minimum absolute atomic E-state index is 0.134. The number of ether oxygens (including phenoxy) is 2. The third-order valence-electron chi connectivity index (χ3n) is 4.84. The summed E-state index contributed by atoms with van der Waals surface area (Å²) in [5.41, 5.74) is -0.999. The van der Waals surface area contributed by atoms with Crippen molar-refractivity contribution in [2.45, 2.75) is 25.9 Å². The Labute approximate surface area is 176 Å². The van der Waals surface area contributed by atoms with E-state index in [1.54, 1.807) is 11.0 Å². The summed E-state index contributed by atoms with van der Waals surface area (Å²) in [6.07, 6.45) is -5.68. The van der Waals surface area contributed by atoms with Gasteiger partial charge in [-0.3, -0.25) is 9.58 Å². The van der Waals surface area contributed by atoms with Crippen molar-refractivity contribution >= 4 is 17.5 Å². The molecule has 1 unspecified atom stereocenters. The zero-order chi connectivity index (χ0) is 22.1. The summed E-state index contributed by atoms with van der Waals surface area (Å²) in [7, 11) is 2.99. The number of hydrogen-bond acceptors (Lipinski definition) is 8. The second-order valence-corrected chi connectivity index (χ2v) is 7.06. The summed E-state index contributed by atoms with van der Waals surface area (Å²) in [4.78, 5) is 12.3. The number of methoxy groups -OCH3 is 2. The van der Waals surface area contributed by atoms with E-state index in [1.807, 2.05) is 4.90 Å². The van der Waals surface area contributed by atoms with Gasteiger partial charge in [0, 0.05) is 26.2 Å². The highest BCUT2D eigenvalue weighted by Crippen LogP contribution is 2.35. The van der Waals surface area contributed by atoms with Gasteiger partial charge in [0.25, 0.3) is 0 Å². The van der Waals surface area contributed by atoms with Crippen molar-refractivity contribution < 1.29 is 27.8 Å². The number of hydrogen-bond donors (Lipinski definition) is 1. The van der Waals surface area contributed by atoms with E-state index < -0.39 is 23.1 Å². The van der Waals surface area contributed by atoms with Crippen molar-refractivity contribution in [3.8, 4) is 11.8 Å². The topological polar surface area (TPSA) is 88.8 Å². The fraction of sp³-hybridized carbons (Fsp3) is 0.588. The number of piperazine rings is 1. The van der Waals surface area contributed by atoms with Crippen LogP contribution in [-0.4, -0.2) is 76.4 Å². The van der Waals surface area contributed by atoms with E-state index in [2.05, 4.69) is 15.1 Å². The van der Waals surface area contributed by atoms with Crippen molar-refractivity contribution in [1.82, 2.24) is 24.6 Å². The van der Waals surface area contributed by atoms with Crippen LogP contribution in [-0.2, 0) is 12.7 Å². The van der Waals surface area contributed by atoms with Gasteiger partial charge in [0.05, 0.1) is 37.5 Å². The van der Waals surface area contributed by atoms with Crippen molar-refractivity contribution in [2.75, 3.05) is 45.3 Å². The van der Waals surface area contributed by atoms with Gasteiger partial charge < -0.3 is 19.5 Å². The highest BCUT2D eigenvalue weighted by atomic mass is 35.5. The predicted molar refractivity (Wildman–Crippen MR) is 102 cm³/mol. The quantitative estimate of drug-likeness (QED) is 0.713. The molecule has 1 atom stereocenters. The van der Waals surface area contributed by atoms with Gasteiger partial charge in [-0.15, -0.1) is 0 Å². The normalized spacial score (nSPS) is 16.6. The van der Waals surface area contributed by atoms with Gasteiger partial charge in [-0.05, 0) is 6.92 Å². The number of aliphatic hydroxyl groups is 1. The van der Waals surface area contributed by atoms with Crippen LogP contribution in [0.4, 0.5) is 19.1 Å². The maximum Gasteiger partial charge on any atom is 0.436 e. The number of aromatic nitrogens is 4. The molecule has 1 N–H and O–H groups in total.